The topological polar surface area (TPSA) is 110 Å². The highest BCUT2D eigenvalue weighted by atomic mass is 32.1. The van der Waals surface area contributed by atoms with Crippen LogP contribution in [0.15, 0.2) is 79.1 Å². The molecule has 0 aliphatic carbocycles. The predicted octanol–water partition coefficient (Wildman–Crippen LogP) is 7.23. The van der Waals surface area contributed by atoms with Gasteiger partial charge in [-0.15, -0.1) is 11.3 Å². The summed E-state index contributed by atoms with van der Waals surface area (Å²) in [7, 11) is 0. The van der Waals surface area contributed by atoms with E-state index in [-0.39, 0.29) is 11.4 Å². The van der Waals surface area contributed by atoms with Crippen LogP contribution in [0.25, 0.3) is 20.8 Å². The first-order valence-electron chi connectivity index (χ1n) is 12.5. The van der Waals surface area contributed by atoms with Crippen molar-refractivity contribution >= 4 is 51.0 Å². The van der Waals surface area contributed by atoms with Crippen LogP contribution < -0.4 is 15.4 Å². The van der Waals surface area contributed by atoms with E-state index in [9.17, 15) is 23.2 Å². The molecule has 0 fully saturated rings. The van der Waals surface area contributed by atoms with Crippen LogP contribution in [0, 0.1) is 11.6 Å². The number of rotatable bonds is 8. The monoisotopic (exact) mass is 574 g/mol. The molecule has 0 saturated carbocycles. The smallest absolute Gasteiger partial charge is 0.233 e. The van der Waals surface area contributed by atoms with Gasteiger partial charge in [-0.05, 0) is 54.6 Å². The van der Waals surface area contributed by atoms with E-state index in [0.29, 0.717) is 39.2 Å². The van der Waals surface area contributed by atoms with E-state index in [2.05, 4.69) is 20.6 Å². The van der Waals surface area contributed by atoms with Crippen LogP contribution in [0.1, 0.15) is 30.6 Å². The SMILES string of the molecule is CC.O=Cc1ccc(-c2cc3nccc(Oc4ccc(NC(=O)CC(=O)Nc5ccc(F)cc5)cc4F)c3s2)nc1. The van der Waals surface area contributed by atoms with Crippen molar-refractivity contribution in [1.82, 2.24) is 9.97 Å². The summed E-state index contributed by atoms with van der Waals surface area (Å²) >= 11 is 1.36. The van der Waals surface area contributed by atoms with Crippen LogP contribution >= 0.6 is 11.3 Å². The van der Waals surface area contributed by atoms with Crippen molar-refractivity contribution in [1.29, 1.82) is 0 Å². The van der Waals surface area contributed by atoms with Crippen molar-refractivity contribution < 1.29 is 27.9 Å². The number of hydrogen-bond donors (Lipinski definition) is 2. The molecule has 0 saturated heterocycles. The number of carbonyl (C=O) groups excluding carboxylic acids is 3. The van der Waals surface area contributed by atoms with Gasteiger partial charge in [-0.1, -0.05) is 13.8 Å². The van der Waals surface area contributed by atoms with Gasteiger partial charge >= 0.3 is 0 Å². The Bertz CT molecular complexity index is 1690. The Morgan fingerprint density at radius 2 is 1.59 bits per heavy atom. The molecule has 3 heterocycles. The number of halogens is 2. The van der Waals surface area contributed by atoms with Crippen molar-refractivity contribution in [2.75, 3.05) is 10.6 Å². The molecule has 0 atom stereocenters. The standard InChI is InChI=1S/C28H18F2N4O4S.C2H6/c29-17-2-4-18(5-3-17)33-26(36)13-27(37)34-19-6-8-23(20(30)11-19)38-24-9-10-31-22-12-25(39-28(22)24)21-7-1-16(15-35)14-32-21;1-2/h1-12,14-15H,13H2,(H,33,36)(H,34,37);1-2H3. The third-order valence-electron chi connectivity index (χ3n) is 5.44. The number of ether oxygens (including phenoxy) is 1. The van der Waals surface area contributed by atoms with Gasteiger partial charge in [-0.2, -0.15) is 0 Å². The Morgan fingerprint density at radius 1 is 0.878 bits per heavy atom. The molecule has 208 valence electrons. The van der Waals surface area contributed by atoms with Gasteiger partial charge in [0.15, 0.2) is 17.9 Å². The highest BCUT2D eigenvalue weighted by molar-refractivity contribution is 7.22. The van der Waals surface area contributed by atoms with Gasteiger partial charge in [-0.25, -0.2) is 8.78 Å². The first kappa shape index (κ1) is 29.0. The van der Waals surface area contributed by atoms with E-state index in [1.165, 1.54) is 53.9 Å². The fourth-order valence-electron chi connectivity index (χ4n) is 3.61. The normalized spacial score (nSPS) is 10.3. The Morgan fingerprint density at radius 3 is 2.24 bits per heavy atom. The van der Waals surface area contributed by atoms with Crippen molar-refractivity contribution in [3.05, 3.63) is 96.3 Å². The highest BCUT2D eigenvalue weighted by Crippen LogP contribution is 2.39. The first-order chi connectivity index (χ1) is 19.9. The second kappa shape index (κ2) is 13.4. The average Bonchev–Trinajstić information content (AvgIpc) is 3.42. The fraction of sp³-hybridized carbons (Fsp3) is 0.100. The molecule has 0 aliphatic rings. The lowest BCUT2D eigenvalue weighted by atomic mass is 10.2. The van der Waals surface area contributed by atoms with Gasteiger partial charge in [0.05, 0.1) is 20.8 Å². The molecule has 0 aliphatic heterocycles. The lowest BCUT2D eigenvalue weighted by Gasteiger charge is -2.10. The summed E-state index contributed by atoms with van der Waals surface area (Å²) in [5.74, 6) is -2.12. The lowest BCUT2D eigenvalue weighted by molar-refractivity contribution is -0.123. The summed E-state index contributed by atoms with van der Waals surface area (Å²) in [4.78, 5) is 44.6. The van der Waals surface area contributed by atoms with Crippen LogP contribution in [0.4, 0.5) is 20.2 Å². The lowest BCUT2D eigenvalue weighted by Crippen LogP contribution is -2.21. The van der Waals surface area contributed by atoms with Gasteiger partial charge in [0.25, 0.3) is 0 Å². The number of benzene rings is 2. The second-order valence-electron chi connectivity index (χ2n) is 8.26. The Labute approximate surface area is 238 Å². The minimum atomic E-state index is -0.726. The molecule has 8 nitrogen and oxygen atoms in total. The molecule has 2 N–H and O–H groups in total. The zero-order valence-corrected chi connectivity index (χ0v) is 22.8. The number of carbonyl (C=O) groups is 3. The molecule has 0 bridgehead atoms. The fourth-order valence-corrected chi connectivity index (χ4v) is 4.65. The molecule has 0 unspecified atom stereocenters. The third-order valence-corrected chi connectivity index (χ3v) is 6.60. The van der Waals surface area contributed by atoms with Gasteiger partial charge in [-0.3, -0.25) is 24.4 Å². The maximum Gasteiger partial charge on any atom is 0.233 e. The summed E-state index contributed by atoms with van der Waals surface area (Å²) in [6.45, 7) is 4.00. The molecule has 2 amide bonds. The summed E-state index contributed by atoms with van der Waals surface area (Å²) in [5, 5.41) is 4.95. The molecule has 5 rings (SSSR count). The van der Waals surface area contributed by atoms with Crippen LogP contribution in [-0.2, 0) is 9.59 Å². The van der Waals surface area contributed by atoms with Gasteiger partial charge < -0.3 is 15.4 Å². The van der Waals surface area contributed by atoms with Crippen LogP contribution in [0.5, 0.6) is 11.5 Å². The molecule has 0 radical (unpaired) electrons. The molecule has 11 heteroatoms. The third kappa shape index (κ3) is 7.34. The molecule has 0 spiro atoms. The van der Waals surface area contributed by atoms with Crippen LogP contribution in [-0.4, -0.2) is 28.1 Å². The highest BCUT2D eigenvalue weighted by Gasteiger charge is 2.15. The Hall–Kier alpha value is -5.03. The van der Waals surface area contributed by atoms with Gasteiger partial charge in [0, 0.05) is 41.5 Å². The Kier molecular flexibility index (Phi) is 9.43. The number of hydrogen-bond acceptors (Lipinski definition) is 7. The van der Waals surface area contributed by atoms with Gasteiger partial charge in [0.2, 0.25) is 11.8 Å². The largest absolute Gasteiger partial charge is 0.453 e. The zero-order valence-electron chi connectivity index (χ0n) is 22.0. The Balaban J connectivity index is 0.00000189. The van der Waals surface area contributed by atoms with Crippen molar-refractivity contribution in [3.8, 4) is 22.1 Å². The second-order valence-corrected chi connectivity index (χ2v) is 9.31. The zero-order chi connectivity index (χ0) is 29.4. The average molecular weight is 575 g/mol. The summed E-state index contributed by atoms with van der Waals surface area (Å²) in [5.41, 5.74) is 2.24. The minimum absolute atomic E-state index is 0.0713. The van der Waals surface area contributed by atoms with E-state index in [4.69, 9.17) is 4.74 Å². The van der Waals surface area contributed by atoms with E-state index in [1.54, 1.807) is 24.4 Å². The quantitative estimate of drug-likeness (QED) is 0.149. The number of aromatic nitrogens is 2. The van der Waals surface area contributed by atoms with Crippen LogP contribution in [0.2, 0.25) is 0 Å². The first-order valence-corrected chi connectivity index (χ1v) is 13.3. The van der Waals surface area contributed by atoms with Crippen LogP contribution in [0.3, 0.4) is 0 Å². The summed E-state index contributed by atoms with van der Waals surface area (Å²) in [6, 6.07) is 15.8. The van der Waals surface area contributed by atoms with Crippen molar-refractivity contribution in [2.24, 2.45) is 0 Å². The molecular weight excluding hydrogens is 550 g/mol. The molecule has 2 aromatic carbocycles. The van der Waals surface area contributed by atoms with Crippen molar-refractivity contribution in [2.45, 2.75) is 20.3 Å². The van der Waals surface area contributed by atoms with E-state index >= 15 is 0 Å². The number of amides is 2. The van der Waals surface area contributed by atoms with E-state index in [1.807, 2.05) is 19.9 Å². The number of nitrogens with zero attached hydrogens (tertiary/aromatic N) is 2. The number of pyridine rings is 2. The molecule has 5 aromatic rings. The van der Waals surface area contributed by atoms with Crippen molar-refractivity contribution in [3.63, 3.8) is 0 Å². The van der Waals surface area contributed by atoms with Gasteiger partial charge in [0.1, 0.15) is 18.0 Å². The predicted molar refractivity (Wildman–Crippen MR) is 154 cm³/mol. The number of aldehydes is 1. The number of fused-ring (bicyclic) bond motifs is 1. The molecule has 3 aromatic heterocycles. The molecule has 41 heavy (non-hydrogen) atoms. The maximum absolute atomic E-state index is 14.9. The van der Waals surface area contributed by atoms with E-state index in [0.717, 1.165) is 10.9 Å². The summed E-state index contributed by atoms with van der Waals surface area (Å²) in [6.07, 6.45) is 3.22. The number of nitrogens with one attached hydrogen (secondary N) is 2. The number of anilines is 2. The molecular formula is C30H24F2N4O4S. The number of thiophene rings is 1. The van der Waals surface area contributed by atoms with E-state index < -0.39 is 29.9 Å². The maximum atomic E-state index is 14.9. The minimum Gasteiger partial charge on any atom is -0.453 e. The summed E-state index contributed by atoms with van der Waals surface area (Å²) < 4.78 is 34.4.